The van der Waals surface area contributed by atoms with Crippen molar-refractivity contribution in [1.82, 2.24) is 0 Å². The van der Waals surface area contributed by atoms with E-state index < -0.39 is 28.3 Å². The molecule has 0 unspecified atom stereocenters. The lowest BCUT2D eigenvalue weighted by molar-refractivity contribution is -0.121. The molecule has 0 heterocycles. The van der Waals surface area contributed by atoms with Gasteiger partial charge in [-0.25, -0.2) is 13.2 Å². The predicted molar refractivity (Wildman–Crippen MR) is 114 cm³/mol. The molecule has 0 aromatic heterocycles. The molecule has 7 heteroatoms. The summed E-state index contributed by atoms with van der Waals surface area (Å²) in [7, 11) is -3.46. The lowest BCUT2D eigenvalue weighted by Crippen LogP contribution is -2.34. The number of amides is 1. The zero-order valence-corrected chi connectivity index (χ0v) is 17.2. The summed E-state index contributed by atoms with van der Waals surface area (Å²) < 4.78 is 28.5. The Bertz CT molecular complexity index is 1130. The second-order valence-corrected chi connectivity index (χ2v) is 8.69. The van der Waals surface area contributed by atoms with Crippen molar-refractivity contribution in [2.75, 3.05) is 17.8 Å². The van der Waals surface area contributed by atoms with Crippen LogP contribution in [-0.4, -0.2) is 33.2 Å². The highest BCUT2D eigenvalue weighted by molar-refractivity contribution is 7.90. The van der Waals surface area contributed by atoms with Crippen LogP contribution in [0.25, 0.3) is 0 Å². The van der Waals surface area contributed by atoms with Crippen LogP contribution in [0.3, 0.4) is 0 Å². The number of para-hydroxylation sites is 1. The molecule has 0 aliphatic rings. The standard InChI is InChI=1S/C23H21NO5S/c1-30(27,28)21-14-8-11-19(15-21)23(26)29-17-22(25)24(20-12-6-3-7-13-20)16-18-9-4-2-5-10-18/h2-15H,16-17H2,1H3. The van der Waals surface area contributed by atoms with E-state index in [1.54, 1.807) is 12.1 Å². The first-order valence-electron chi connectivity index (χ1n) is 9.21. The number of nitrogens with zero attached hydrogens (tertiary/aromatic N) is 1. The fourth-order valence-electron chi connectivity index (χ4n) is 2.84. The maximum absolute atomic E-state index is 12.9. The van der Waals surface area contributed by atoms with Crippen LogP contribution in [0.15, 0.2) is 89.8 Å². The normalized spacial score (nSPS) is 11.0. The Hall–Kier alpha value is -3.45. The van der Waals surface area contributed by atoms with Gasteiger partial charge in [-0.2, -0.15) is 0 Å². The number of ether oxygens (including phenoxy) is 1. The molecule has 0 bridgehead atoms. The summed E-state index contributed by atoms with van der Waals surface area (Å²) in [6.45, 7) is -0.144. The predicted octanol–water partition coefficient (Wildman–Crippen LogP) is 3.48. The average molecular weight is 423 g/mol. The fraction of sp³-hybridized carbons (Fsp3) is 0.130. The minimum atomic E-state index is -3.46. The first-order valence-corrected chi connectivity index (χ1v) is 11.1. The van der Waals surface area contributed by atoms with E-state index in [2.05, 4.69) is 0 Å². The third-order valence-corrected chi connectivity index (χ3v) is 5.49. The molecule has 30 heavy (non-hydrogen) atoms. The Morgan fingerprint density at radius 1 is 0.867 bits per heavy atom. The maximum Gasteiger partial charge on any atom is 0.338 e. The van der Waals surface area contributed by atoms with Gasteiger partial charge in [-0.1, -0.05) is 54.6 Å². The van der Waals surface area contributed by atoms with Crippen LogP contribution < -0.4 is 4.90 Å². The molecule has 1 amide bonds. The molecule has 0 aliphatic heterocycles. The van der Waals surface area contributed by atoms with Crippen LogP contribution in [0.4, 0.5) is 5.69 Å². The number of esters is 1. The van der Waals surface area contributed by atoms with Gasteiger partial charge in [0.2, 0.25) is 0 Å². The van der Waals surface area contributed by atoms with E-state index in [1.165, 1.54) is 29.2 Å². The minimum absolute atomic E-state index is 0.0123. The molecule has 154 valence electrons. The largest absolute Gasteiger partial charge is 0.452 e. The monoisotopic (exact) mass is 423 g/mol. The quantitative estimate of drug-likeness (QED) is 0.544. The van der Waals surface area contributed by atoms with Crippen LogP contribution >= 0.6 is 0 Å². The van der Waals surface area contributed by atoms with E-state index in [9.17, 15) is 18.0 Å². The van der Waals surface area contributed by atoms with Gasteiger partial charge in [0, 0.05) is 11.9 Å². The van der Waals surface area contributed by atoms with Crippen molar-refractivity contribution in [2.45, 2.75) is 11.4 Å². The number of benzene rings is 3. The Labute approximate surface area is 175 Å². The van der Waals surface area contributed by atoms with E-state index in [1.807, 2.05) is 48.5 Å². The molecule has 6 nitrogen and oxygen atoms in total. The van der Waals surface area contributed by atoms with E-state index in [4.69, 9.17) is 4.74 Å². The molecule has 0 N–H and O–H groups in total. The molecule has 0 atom stereocenters. The van der Waals surface area contributed by atoms with Gasteiger partial charge < -0.3 is 9.64 Å². The summed E-state index contributed by atoms with van der Waals surface area (Å²) >= 11 is 0. The molecule has 0 saturated heterocycles. The molecule has 3 aromatic carbocycles. The van der Waals surface area contributed by atoms with Gasteiger partial charge in [0.05, 0.1) is 17.0 Å². The van der Waals surface area contributed by atoms with Gasteiger partial charge in [-0.15, -0.1) is 0 Å². The van der Waals surface area contributed by atoms with E-state index in [-0.39, 0.29) is 10.5 Å². The second kappa shape index (κ2) is 9.37. The molecular weight excluding hydrogens is 402 g/mol. The lowest BCUT2D eigenvalue weighted by atomic mass is 10.2. The van der Waals surface area contributed by atoms with Crippen molar-refractivity contribution in [3.05, 3.63) is 96.1 Å². The third kappa shape index (κ3) is 5.55. The van der Waals surface area contributed by atoms with E-state index >= 15 is 0 Å². The molecule has 3 rings (SSSR count). The third-order valence-electron chi connectivity index (χ3n) is 4.38. The van der Waals surface area contributed by atoms with Gasteiger partial charge in [0.1, 0.15) is 0 Å². The summed E-state index contributed by atoms with van der Waals surface area (Å²) in [5.74, 6) is -1.15. The fourth-order valence-corrected chi connectivity index (χ4v) is 3.51. The smallest absolute Gasteiger partial charge is 0.338 e. The van der Waals surface area contributed by atoms with Crippen LogP contribution in [0, 0.1) is 0 Å². The minimum Gasteiger partial charge on any atom is -0.452 e. The summed E-state index contributed by atoms with van der Waals surface area (Å²) in [6, 6.07) is 24.1. The van der Waals surface area contributed by atoms with E-state index in [0.717, 1.165) is 11.8 Å². The SMILES string of the molecule is CS(=O)(=O)c1cccc(C(=O)OCC(=O)N(Cc2ccccc2)c2ccccc2)c1. The number of hydrogen-bond donors (Lipinski definition) is 0. The van der Waals surface area contributed by atoms with Crippen molar-refractivity contribution in [2.24, 2.45) is 0 Å². The van der Waals surface area contributed by atoms with Crippen molar-refractivity contribution >= 4 is 27.4 Å². The first kappa shape index (κ1) is 21.3. The number of hydrogen-bond acceptors (Lipinski definition) is 5. The van der Waals surface area contributed by atoms with Gasteiger partial charge in [0.15, 0.2) is 16.4 Å². The molecule has 0 fully saturated rings. The van der Waals surface area contributed by atoms with Crippen LogP contribution in [0.2, 0.25) is 0 Å². The van der Waals surface area contributed by atoms with Crippen LogP contribution in [0.1, 0.15) is 15.9 Å². The number of anilines is 1. The van der Waals surface area contributed by atoms with Crippen LogP contribution in [0.5, 0.6) is 0 Å². The highest BCUT2D eigenvalue weighted by Crippen LogP contribution is 2.18. The highest BCUT2D eigenvalue weighted by atomic mass is 32.2. The zero-order valence-electron chi connectivity index (χ0n) is 16.4. The summed E-state index contributed by atoms with van der Waals surface area (Å²) in [6.07, 6.45) is 1.06. The van der Waals surface area contributed by atoms with Gasteiger partial charge in [0.25, 0.3) is 5.91 Å². The molecule has 0 spiro atoms. The van der Waals surface area contributed by atoms with Crippen molar-refractivity contribution in [3.63, 3.8) is 0 Å². The number of carbonyl (C=O) groups excluding carboxylic acids is 2. The van der Waals surface area contributed by atoms with Crippen molar-refractivity contribution in [1.29, 1.82) is 0 Å². The number of carbonyl (C=O) groups is 2. The first-order chi connectivity index (χ1) is 14.3. The maximum atomic E-state index is 12.9. The van der Waals surface area contributed by atoms with Gasteiger partial charge in [-0.05, 0) is 35.9 Å². The summed E-state index contributed by atoms with van der Waals surface area (Å²) in [5.41, 5.74) is 1.68. The molecule has 3 aromatic rings. The Kier molecular flexibility index (Phi) is 6.64. The van der Waals surface area contributed by atoms with Crippen molar-refractivity contribution in [3.8, 4) is 0 Å². The molecule has 0 aliphatic carbocycles. The van der Waals surface area contributed by atoms with Gasteiger partial charge >= 0.3 is 5.97 Å². The molecular formula is C23H21NO5S. The van der Waals surface area contributed by atoms with Crippen molar-refractivity contribution < 1.29 is 22.7 Å². The molecule has 0 saturated carbocycles. The Morgan fingerprint density at radius 2 is 1.50 bits per heavy atom. The Morgan fingerprint density at radius 3 is 2.13 bits per heavy atom. The lowest BCUT2D eigenvalue weighted by Gasteiger charge is -2.23. The highest BCUT2D eigenvalue weighted by Gasteiger charge is 2.19. The number of sulfone groups is 1. The van der Waals surface area contributed by atoms with Gasteiger partial charge in [-0.3, -0.25) is 4.79 Å². The Balaban J connectivity index is 1.74. The summed E-state index contributed by atoms with van der Waals surface area (Å²) in [4.78, 5) is 26.8. The van der Waals surface area contributed by atoms with E-state index in [0.29, 0.717) is 12.2 Å². The molecule has 0 radical (unpaired) electrons. The number of rotatable bonds is 7. The average Bonchev–Trinajstić information content (AvgIpc) is 2.76. The second-order valence-electron chi connectivity index (χ2n) is 6.68. The zero-order chi connectivity index (χ0) is 21.6. The van der Waals surface area contributed by atoms with Crippen LogP contribution in [-0.2, 0) is 25.9 Å². The topological polar surface area (TPSA) is 80.7 Å². The summed E-state index contributed by atoms with van der Waals surface area (Å²) in [5, 5.41) is 0.